The van der Waals surface area contributed by atoms with Crippen molar-refractivity contribution in [1.29, 1.82) is 0 Å². The van der Waals surface area contributed by atoms with Crippen LogP contribution in [0.3, 0.4) is 0 Å². The first kappa shape index (κ1) is 16.3. The van der Waals surface area contributed by atoms with Crippen molar-refractivity contribution in [1.82, 2.24) is 9.97 Å². The average molecular weight is 395 g/mol. The topological polar surface area (TPSA) is 38.9 Å². The molecule has 148 valence electrons. The third kappa shape index (κ3) is 3.26. The number of hydrogen-bond acceptors (Lipinski definition) is 3. The van der Waals surface area contributed by atoms with Crippen LogP contribution < -0.4 is 0 Å². The smallest absolute Gasteiger partial charge is 0.227 e. The Morgan fingerprint density at radius 1 is 0.967 bits per heavy atom. The van der Waals surface area contributed by atoms with Gasteiger partial charge in [0.05, 0.1) is 11.4 Å². The molecule has 0 bridgehead atoms. The molecule has 0 spiro atoms. The molecule has 2 aromatic carbocycles. The van der Waals surface area contributed by atoms with E-state index in [4.69, 9.17) is 12.1 Å². The van der Waals surface area contributed by atoms with Gasteiger partial charge in [0, 0.05) is 30.8 Å². The van der Waals surface area contributed by atoms with Gasteiger partial charge in [-0.1, -0.05) is 50.2 Å². The first-order chi connectivity index (χ1) is 15.4. The molecule has 3 nitrogen and oxygen atoms in total. The van der Waals surface area contributed by atoms with E-state index in [1.165, 1.54) is 0 Å². The zero-order valence-electron chi connectivity index (χ0n) is 19.3. The van der Waals surface area contributed by atoms with Crippen molar-refractivity contribution >= 4 is 22.1 Å². The molecule has 0 saturated heterocycles. The first-order valence-electron chi connectivity index (χ1n) is 11.2. The third-order valence-corrected chi connectivity index (χ3v) is 5.26. The van der Waals surface area contributed by atoms with E-state index in [0.717, 1.165) is 38.7 Å². The highest BCUT2D eigenvalue weighted by Gasteiger charge is 2.17. The molecule has 0 radical (unpaired) electrons. The predicted octanol–water partition coefficient (Wildman–Crippen LogP) is 7.22. The van der Waals surface area contributed by atoms with E-state index < -0.39 is 6.37 Å². The fourth-order valence-corrected chi connectivity index (χ4v) is 3.90. The summed E-state index contributed by atoms with van der Waals surface area (Å²) in [5, 5.41) is 1.98. The minimum absolute atomic E-state index is 0.150. The normalized spacial score (nSPS) is 13.1. The molecule has 0 fully saturated rings. The molecule has 0 unspecified atom stereocenters. The molecule has 0 atom stereocenters. The van der Waals surface area contributed by atoms with E-state index >= 15 is 0 Å². The Morgan fingerprint density at radius 2 is 1.80 bits per heavy atom. The van der Waals surface area contributed by atoms with E-state index in [2.05, 4.69) is 24.0 Å². The summed E-state index contributed by atoms with van der Waals surface area (Å²) < 4.78 is 23.3. The van der Waals surface area contributed by atoms with Crippen molar-refractivity contribution in [2.75, 3.05) is 0 Å². The highest BCUT2D eigenvalue weighted by atomic mass is 16.3. The maximum atomic E-state index is 8.48. The lowest BCUT2D eigenvalue weighted by Gasteiger charge is -2.08. The van der Waals surface area contributed by atoms with Gasteiger partial charge < -0.3 is 4.42 Å². The fourth-order valence-electron chi connectivity index (χ4n) is 3.90. The van der Waals surface area contributed by atoms with Crippen LogP contribution in [0, 0.1) is 12.8 Å². The van der Waals surface area contributed by atoms with Crippen LogP contribution in [0.15, 0.2) is 77.3 Å². The molecule has 3 heteroatoms. The van der Waals surface area contributed by atoms with Crippen LogP contribution in [0.5, 0.6) is 0 Å². The van der Waals surface area contributed by atoms with Gasteiger partial charge in [0.15, 0.2) is 0 Å². The molecule has 5 rings (SSSR count). The zero-order valence-corrected chi connectivity index (χ0v) is 17.3. The van der Waals surface area contributed by atoms with Crippen LogP contribution in [0.4, 0.5) is 0 Å². The number of furan rings is 1. The average Bonchev–Trinajstić information content (AvgIpc) is 3.19. The fraction of sp³-hybridized carbons (Fsp3) is 0.185. The van der Waals surface area contributed by atoms with Gasteiger partial charge >= 0.3 is 0 Å². The van der Waals surface area contributed by atoms with Crippen LogP contribution in [0.1, 0.15) is 27.7 Å². The molecule has 3 aromatic heterocycles. The van der Waals surface area contributed by atoms with Crippen molar-refractivity contribution in [2.45, 2.75) is 27.1 Å². The van der Waals surface area contributed by atoms with Gasteiger partial charge in [0.2, 0.25) is 5.71 Å². The summed E-state index contributed by atoms with van der Waals surface area (Å²) in [7, 11) is 0. The van der Waals surface area contributed by atoms with Crippen LogP contribution in [0.2, 0.25) is 0 Å². The van der Waals surface area contributed by atoms with Gasteiger partial charge in [-0.3, -0.25) is 4.98 Å². The van der Waals surface area contributed by atoms with Gasteiger partial charge in [0.25, 0.3) is 0 Å². The SMILES string of the molecule is [2H]C([2H])(c1ccnc(-c2ccc(C)c3c2oc2nc(-c4ccccc4)ccc23)c1)C(C)C. The lowest BCUT2D eigenvalue weighted by atomic mass is 9.99. The monoisotopic (exact) mass is 394 g/mol. The van der Waals surface area contributed by atoms with Crippen molar-refractivity contribution in [3.8, 4) is 22.5 Å². The molecule has 5 aromatic rings. The number of aromatic nitrogens is 2. The van der Waals surface area contributed by atoms with Crippen LogP contribution >= 0.6 is 0 Å². The van der Waals surface area contributed by atoms with E-state index in [1.807, 2.05) is 62.4 Å². The maximum Gasteiger partial charge on any atom is 0.227 e. The molecular weight excluding hydrogens is 368 g/mol. The van der Waals surface area contributed by atoms with Gasteiger partial charge in [-0.15, -0.1) is 0 Å². The van der Waals surface area contributed by atoms with Gasteiger partial charge in [-0.2, -0.15) is 0 Å². The number of rotatable bonds is 4. The number of benzene rings is 2. The molecule has 3 heterocycles. The maximum absolute atomic E-state index is 8.48. The summed E-state index contributed by atoms with van der Waals surface area (Å²) in [4.78, 5) is 9.34. The van der Waals surface area contributed by atoms with Crippen LogP contribution in [-0.4, -0.2) is 9.97 Å². The molecule has 0 aliphatic heterocycles. The standard InChI is InChI=1S/C27H24N2O/c1-17(2)15-19-13-14-28-24(16-19)21-10-9-18(3)25-22-11-12-23(20-7-5-4-6-8-20)29-27(22)30-26(21)25/h4-14,16-17H,15H2,1-3H3/i15D2. The molecular formula is C27H24N2O. The Bertz CT molecular complexity index is 1440. The van der Waals surface area contributed by atoms with Gasteiger partial charge in [-0.05, 0) is 60.7 Å². The number of nitrogens with zero attached hydrogens (tertiary/aromatic N) is 2. The highest BCUT2D eigenvalue weighted by Crippen LogP contribution is 2.37. The van der Waals surface area contributed by atoms with Crippen molar-refractivity contribution < 1.29 is 7.16 Å². The van der Waals surface area contributed by atoms with Crippen LogP contribution in [0.25, 0.3) is 44.6 Å². The highest BCUT2D eigenvalue weighted by molar-refractivity contribution is 6.10. The molecule has 30 heavy (non-hydrogen) atoms. The van der Waals surface area contributed by atoms with Gasteiger partial charge in [0.1, 0.15) is 5.58 Å². The number of fused-ring (bicyclic) bond motifs is 3. The largest absolute Gasteiger partial charge is 0.437 e. The summed E-state index contributed by atoms with van der Waals surface area (Å²) in [6.45, 7) is 5.84. The van der Waals surface area contributed by atoms with E-state index in [9.17, 15) is 0 Å². The van der Waals surface area contributed by atoms with Crippen molar-refractivity contribution in [3.05, 3.63) is 84.1 Å². The second kappa shape index (κ2) is 7.42. The third-order valence-electron chi connectivity index (χ3n) is 5.26. The Hall–Kier alpha value is -3.46. The van der Waals surface area contributed by atoms with E-state index in [0.29, 0.717) is 17.0 Å². The number of aryl methyl sites for hydroxylation is 1. The quantitative estimate of drug-likeness (QED) is 0.323. The van der Waals surface area contributed by atoms with Crippen molar-refractivity contribution in [3.63, 3.8) is 0 Å². The molecule has 0 aliphatic rings. The lowest BCUT2D eigenvalue weighted by Crippen LogP contribution is -1.95. The van der Waals surface area contributed by atoms with E-state index in [1.54, 1.807) is 12.3 Å². The Morgan fingerprint density at radius 3 is 2.60 bits per heavy atom. The van der Waals surface area contributed by atoms with Gasteiger partial charge in [-0.25, -0.2) is 4.98 Å². The summed E-state index contributed by atoms with van der Waals surface area (Å²) in [6.07, 6.45) is 0.229. The summed E-state index contributed by atoms with van der Waals surface area (Å²) >= 11 is 0. The van der Waals surface area contributed by atoms with Crippen LogP contribution in [-0.2, 0) is 6.37 Å². The number of pyridine rings is 2. The second-order valence-electron chi connectivity index (χ2n) is 7.88. The lowest BCUT2D eigenvalue weighted by molar-refractivity contribution is 0.646. The zero-order chi connectivity index (χ0) is 22.5. The Labute approximate surface area is 179 Å². The predicted molar refractivity (Wildman–Crippen MR) is 123 cm³/mol. The Balaban J connectivity index is 1.71. The minimum atomic E-state index is -1.44. The van der Waals surface area contributed by atoms with Crippen molar-refractivity contribution in [2.24, 2.45) is 5.92 Å². The molecule has 0 aliphatic carbocycles. The molecule has 0 amide bonds. The minimum Gasteiger partial charge on any atom is -0.437 e. The molecule has 0 saturated carbocycles. The summed E-state index contributed by atoms with van der Waals surface area (Å²) in [6, 6.07) is 21.8. The Kier molecular flexibility index (Phi) is 4.04. The summed E-state index contributed by atoms with van der Waals surface area (Å²) in [5.41, 5.74) is 6.47. The van der Waals surface area contributed by atoms with E-state index in [-0.39, 0.29) is 5.92 Å². The second-order valence-corrected chi connectivity index (χ2v) is 7.88. The molecule has 0 N–H and O–H groups in total. The first-order valence-corrected chi connectivity index (χ1v) is 10.2. The number of hydrogen-bond donors (Lipinski definition) is 0. The summed E-state index contributed by atoms with van der Waals surface area (Å²) in [5.74, 6) is -0.150.